The van der Waals surface area contributed by atoms with Crippen molar-refractivity contribution in [2.75, 3.05) is 29.5 Å². The Bertz CT molecular complexity index is 544. The van der Waals surface area contributed by atoms with E-state index in [0.29, 0.717) is 25.2 Å². The van der Waals surface area contributed by atoms with Crippen LogP contribution in [0.4, 0.5) is 10.1 Å². The summed E-state index contributed by atoms with van der Waals surface area (Å²) in [7, 11) is -2.96. The largest absolute Gasteiger partial charge is 0.367 e. The molecular formula is C13H19FN2O2S. The third-order valence-corrected chi connectivity index (χ3v) is 4.88. The van der Waals surface area contributed by atoms with Crippen molar-refractivity contribution in [3.05, 3.63) is 29.6 Å². The van der Waals surface area contributed by atoms with Gasteiger partial charge in [-0.1, -0.05) is 12.1 Å². The maximum absolute atomic E-state index is 14.0. The van der Waals surface area contributed by atoms with E-state index >= 15 is 0 Å². The molecule has 1 atom stereocenters. The van der Waals surface area contributed by atoms with Crippen LogP contribution in [0.1, 0.15) is 12.5 Å². The van der Waals surface area contributed by atoms with Crippen molar-refractivity contribution in [2.24, 2.45) is 5.73 Å². The Morgan fingerprint density at radius 2 is 2.00 bits per heavy atom. The molecule has 2 rings (SSSR count). The number of sulfone groups is 1. The highest BCUT2D eigenvalue weighted by Gasteiger charge is 2.25. The molecule has 1 aromatic rings. The molecule has 1 aliphatic rings. The highest BCUT2D eigenvalue weighted by Crippen LogP contribution is 2.27. The number of nitrogens with zero attached hydrogens (tertiary/aromatic N) is 1. The summed E-state index contributed by atoms with van der Waals surface area (Å²) < 4.78 is 36.9. The molecule has 1 unspecified atom stereocenters. The fourth-order valence-corrected chi connectivity index (χ4v) is 3.56. The molecule has 1 aromatic carbocycles. The van der Waals surface area contributed by atoms with Gasteiger partial charge in [0.05, 0.1) is 17.2 Å². The molecule has 0 bridgehead atoms. The fourth-order valence-electron chi connectivity index (χ4n) is 2.36. The summed E-state index contributed by atoms with van der Waals surface area (Å²) in [6.45, 7) is 2.56. The van der Waals surface area contributed by atoms with Crippen LogP contribution in [-0.4, -0.2) is 39.1 Å². The van der Waals surface area contributed by atoms with Gasteiger partial charge in [0, 0.05) is 19.1 Å². The van der Waals surface area contributed by atoms with Gasteiger partial charge in [-0.3, -0.25) is 0 Å². The molecule has 19 heavy (non-hydrogen) atoms. The van der Waals surface area contributed by atoms with Crippen molar-refractivity contribution >= 4 is 15.5 Å². The quantitative estimate of drug-likeness (QED) is 0.898. The van der Waals surface area contributed by atoms with Crippen LogP contribution in [0.25, 0.3) is 0 Å². The lowest BCUT2D eigenvalue weighted by Gasteiger charge is -2.31. The minimum Gasteiger partial charge on any atom is -0.367 e. The Hall–Kier alpha value is -1.14. The van der Waals surface area contributed by atoms with Crippen LogP contribution in [0.15, 0.2) is 18.2 Å². The Balaban J connectivity index is 2.28. The number of nitrogens with two attached hydrogens (primary N) is 1. The number of hydrogen-bond donors (Lipinski definition) is 1. The third-order valence-electron chi connectivity index (χ3n) is 3.27. The predicted octanol–water partition coefficient (Wildman–Crippen LogP) is 0.950. The number of anilines is 1. The maximum Gasteiger partial charge on any atom is 0.153 e. The smallest absolute Gasteiger partial charge is 0.153 e. The summed E-state index contributed by atoms with van der Waals surface area (Å²) in [5.41, 5.74) is 7.13. The van der Waals surface area contributed by atoms with Crippen molar-refractivity contribution in [1.29, 1.82) is 0 Å². The van der Waals surface area contributed by atoms with Gasteiger partial charge in [0.2, 0.25) is 0 Å². The van der Waals surface area contributed by atoms with Crippen molar-refractivity contribution in [2.45, 2.75) is 19.4 Å². The molecule has 1 saturated heterocycles. The Kier molecular flexibility index (Phi) is 4.10. The van der Waals surface area contributed by atoms with E-state index in [1.807, 2.05) is 17.9 Å². The average molecular weight is 286 g/mol. The van der Waals surface area contributed by atoms with Crippen LogP contribution >= 0.6 is 0 Å². The SMILES string of the molecule is CC(N)Cc1cccc(F)c1N1CCS(=O)(=O)CC1. The number of rotatable bonds is 3. The van der Waals surface area contributed by atoms with E-state index < -0.39 is 9.84 Å². The summed E-state index contributed by atoms with van der Waals surface area (Å²) in [6, 6.07) is 4.86. The maximum atomic E-state index is 14.0. The summed E-state index contributed by atoms with van der Waals surface area (Å²) in [6.07, 6.45) is 0.580. The molecule has 4 nitrogen and oxygen atoms in total. The van der Waals surface area contributed by atoms with Crippen molar-refractivity contribution in [1.82, 2.24) is 0 Å². The number of para-hydroxylation sites is 1. The van der Waals surface area contributed by atoms with Crippen LogP contribution in [0.2, 0.25) is 0 Å². The van der Waals surface area contributed by atoms with Crippen LogP contribution in [0.5, 0.6) is 0 Å². The highest BCUT2D eigenvalue weighted by molar-refractivity contribution is 7.91. The Morgan fingerprint density at radius 1 is 1.37 bits per heavy atom. The normalized spacial score (nSPS) is 20.3. The lowest BCUT2D eigenvalue weighted by Crippen LogP contribution is -2.41. The summed E-state index contributed by atoms with van der Waals surface area (Å²) in [5, 5.41) is 0. The van der Waals surface area contributed by atoms with Gasteiger partial charge >= 0.3 is 0 Å². The Labute approximate surface area is 113 Å². The first-order chi connectivity index (χ1) is 8.89. The second kappa shape index (κ2) is 5.46. The summed E-state index contributed by atoms with van der Waals surface area (Å²) in [5.74, 6) is -0.143. The van der Waals surface area contributed by atoms with Crippen molar-refractivity contribution < 1.29 is 12.8 Å². The highest BCUT2D eigenvalue weighted by atomic mass is 32.2. The van der Waals surface area contributed by atoms with Crippen LogP contribution < -0.4 is 10.6 Å². The fraction of sp³-hybridized carbons (Fsp3) is 0.538. The van der Waals surface area contributed by atoms with Crippen molar-refractivity contribution in [3.8, 4) is 0 Å². The molecule has 1 aliphatic heterocycles. The lowest BCUT2D eigenvalue weighted by atomic mass is 10.0. The first-order valence-electron chi connectivity index (χ1n) is 6.37. The van der Waals surface area contributed by atoms with Gasteiger partial charge in [0.15, 0.2) is 9.84 Å². The van der Waals surface area contributed by atoms with E-state index in [9.17, 15) is 12.8 Å². The van der Waals surface area contributed by atoms with Gasteiger partial charge in [-0.05, 0) is 25.0 Å². The number of hydrogen-bond acceptors (Lipinski definition) is 4. The lowest BCUT2D eigenvalue weighted by molar-refractivity contribution is 0.580. The summed E-state index contributed by atoms with van der Waals surface area (Å²) >= 11 is 0. The molecule has 1 fully saturated rings. The zero-order chi connectivity index (χ0) is 14.0. The van der Waals surface area contributed by atoms with E-state index in [2.05, 4.69) is 0 Å². The predicted molar refractivity (Wildman–Crippen MR) is 74.6 cm³/mol. The van der Waals surface area contributed by atoms with Gasteiger partial charge in [0.1, 0.15) is 5.82 Å². The molecule has 0 amide bonds. The first kappa shape index (κ1) is 14.3. The molecule has 0 radical (unpaired) electrons. The van der Waals surface area contributed by atoms with Crippen LogP contribution in [-0.2, 0) is 16.3 Å². The van der Waals surface area contributed by atoms with E-state index in [0.717, 1.165) is 5.56 Å². The van der Waals surface area contributed by atoms with Crippen LogP contribution in [0, 0.1) is 5.82 Å². The zero-order valence-electron chi connectivity index (χ0n) is 11.0. The zero-order valence-corrected chi connectivity index (χ0v) is 11.8. The van der Waals surface area contributed by atoms with Crippen LogP contribution in [0.3, 0.4) is 0 Å². The second-order valence-electron chi connectivity index (χ2n) is 5.07. The van der Waals surface area contributed by atoms with Gasteiger partial charge < -0.3 is 10.6 Å². The molecule has 6 heteroatoms. The van der Waals surface area contributed by atoms with E-state index in [-0.39, 0.29) is 23.4 Å². The van der Waals surface area contributed by atoms with Gasteiger partial charge in [-0.2, -0.15) is 0 Å². The number of halogens is 1. The Morgan fingerprint density at radius 3 is 2.58 bits per heavy atom. The molecule has 106 valence electrons. The van der Waals surface area contributed by atoms with E-state index in [1.165, 1.54) is 6.07 Å². The molecule has 2 N–H and O–H groups in total. The average Bonchev–Trinajstić information content (AvgIpc) is 2.30. The van der Waals surface area contributed by atoms with E-state index in [1.54, 1.807) is 6.07 Å². The first-order valence-corrected chi connectivity index (χ1v) is 8.19. The minimum absolute atomic E-state index is 0.0610. The van der Waals surface area contributed by atoms with Gasteiger partial charge in [-0.25, -0.2) is 12.8 Å². The standard InChI is InChI=1S/C13H19FN2O2S/c1-10(15)9-11-3-2-4-12(14)13(11)16-5-7-19(17,18)8-6-16/h2-4,10H,5-9,15H2,1H3. The topological polar surface area (TPSA) is 63.4 Å². The van der Waals surface area contributed by atoms with E-state index in [4.69, 9.17) is 5.73 Å². The molecule has 1 heterocycles. The third kappa shape index (κ3) is 3.45. The summed E-state index contributed by atoms with van der Waals surface area (Å²) in [4.78, 5) is 1.81. The molecule has 0 saturated carbocycles. The second-order valence-corrected chi connectivity index (χ2v) is 7.37. The number of benzene rings is 1. The molecular weight excluding hydrogens is 267 g/mol. The molecule has 0 aromatic heterocycles. The van der Waals surface area contributed by atoms with Gasteiger partial charge in [0.25, 0.3) is 0 Å². The minimum atomic E-state index is -2.96. The molecule has 0 aliphatic carbocycles. The van der Waals surface area contributed by atoms with Crippen molar-refractivity contribution in [3.63, 3.8) is 0 Å². The monoisotopic (exact) mass is 286 g/mol. The van der Waals surface area contributed by atoms with Gasteiger partial charge in [-0.15, -0.1) is 0 Å². The molecule has 0 spiro atoms.